The van der Waals surface area contributed by atoms with Crippen molar-refractivity contribution in [2.75, 3.05) is 26.4 Å². The van der Waals surface area contributed by atoms with E-state index in [2.05, 4.69) is 6.07 Å². The van der Waals surface area contributed by atoms with Crippen LogP contribution in [0.5, 0.6) is 23.0 Å². The van der Waals surface area contributed by atoms with Crippen molar-refractivity contribution in [3.05, 3.63) is 106 Å². The molecule has 1 aliphatic rings. The predicted octanol–water partition coefficient (Wildman–Crippen LogP) is 5.89. The van der Waals surface area contributed by atoms with E-state index in [1.807, 2.05) is 55.5 Å². The summed E-state index contributed by atoms with van der Waals surface area (Å²) in [5, 5.41) is 38.3. The molecule has 4 aromatic carbocycles. The molecule has 0 fully saturated rings. The Balaban J connectivity index is 1.42. The summed E-state index contributed by atoms with van der Waals surface area (Å²) in [6.45, 7) is 2.34. The highest BCUT2D eigenvalue weighted by atomic mass is 35.5. The molecular weight excluding hydrogens is 622 g/mol. The minimum absolute atomic E-state index is 0.0463. The van der Waals surface area contributed by atoms with Crippen molar-refractivity contribution < 1.29 is 34.0 Å². The Morgan fingerprint density at radius 2 is 1.72 bits per heavy atom. The maximum absolute atomic E-state index is 11.8. The molecule has 0 amide bonds. The number of aliphatic carboxylic acids is 1. The Morgan fingerprint density at radius 1 is 0.957 bits per heavy atom. The van der Waals surface area contributed by atoms with Crippen LogP contribution in [0.2, 0.25) is 5.02 Å². The quantitative estimate of drug-likeness (QED) is 0.168. The molecule has 0 aliphatic carbocycles. The van der Waals surface area contributed by atoms with E-state index in [1.165, 1.54) is 4.90 Å². The molecule has 1 heterocycles. The number of hydrogen-bond donors (Lipinski definition) is 2. The van der Waals surface area contributed by atoms with Crippen LogP contribution in [0, 0.1) is 29.6 Å². The molecule has 240 valence electrons. The first-order chi connectivity index (χ1) is 22.8. The van der Waals surface area contributed by atoms with Gasteiger partial charge >= 0.3 is 5.97 Å². The van der Waals surface area contributed by atoms with Crippen LogP contribution < -0.4 is 18.9 Å². The third-order valence-corrected chi connectivity index (χ3v) is 8.09. The molecule has 4 aromatic rings. The Morgan fingerprint density at radius 3 is 2.47 bits per heavy atom. The van der Waals surface area contributed by atoms with Gasteiger partial charge < -0.3 is 29.2 Å². The number of hydrogen-bond acceptors (Lipinski definition) is 9. The number of carboxylic acid groups (broad SMARTS) is 1. The molecular formula is C36H32ClN3O7. The molecule has 0 unspecified atom stereocenters. The third-order valence-electron chi connectivity index (χ3n) is 7.79. The number of ether oxygens (including phenoxy) is 4. The van der Waals surface area contributed by atoms with E-state index < -0.39 is 18.6 Å². The van der Waals surface area contributed by atoms with Crippen LogP contribution >= 0.6 is 11.6 Å². The van der Waals surface area contributed by atoms with Gasteiger partial charge in [-0.15, -0.1) is 0 Å². The number of nitriles is 2. The molecule has 5 rings (SSSR count). The summed E-state index contributed by atoms with van der Waals surface area (Å²) in [6, 6.07) is 24.8. The number of benzene rings is 4. The van der Waals surface area contributed by atoms with E-state index >= 15 is 0 Å². The summed E-state index contributed by atoms with van der Waals surface area (Å²) in [7, 11) is 0. The van der Waals surface area contributed by atoms with Crippen molar-refractivity contribution in [1.82, 2.24) is 4.90 Å². The van der Waals surface area contributed by atoms with Gasteiger partial charge in [-0.2, -0.15) is 10.5 Å². The SMILES string of the molecule is Cc1c(COc2cc(OCc3cccc(C#N)c3)c(CN(CC#N)[C@H](CO)C(=O)O)cc2Cl)cccc1-c1ccc2c(c1)OCCO2. The predicted molar refractivity (Wildman–Crippen MR) is 173 cm³/mol. The van der Waals surface area contributed by atoms with E-state index in [-0.39, 0.29) is 31.3 Å². The average molecular weight is 654 g/mol. The fourth-order valence-corrected chi connectivity index (χ4v) is 5.53. The van der Waals surface area contributed by atoms with Crippen LogP contribution in [0.3, 0.4) is 0 Å². The maximum Gasteiger partial charge on any atom is 0.323 e. The van der Waals surface area contributed by atoms with Crippen molar-refractivity contribution >= 4 is 17.6 Å². The van der Waals surface area contributed by atoms with Gasteiger partial charge in [0, 0.05) is 18.2 Å². The first kappa shape index (κ1) is 33.1. The molecule has 0 aromatic heterocycles. The Labute approximate surface area is 277 Å². The minimum Gasteiger partial charge on any atom is -0.488 e. The van der Waals surface area contributed by atoms with E-state index in [4.69, 9.17) is 30.5 Å². The van der Waals surface area contributed by atoms with Crippen molar-refractivity contribution in [2.45, 2.75) is 32.7 Å². The zero-order valence-corrected chi connectivity index (χ0v) is 26.4. The van der Waals surface area contributed by atoms with Crippen molar-refractivity contribution in [3.63, 3.8) is 0 Å². The maximum atomic E-state index is 11.8. The number of halogens is 1. The minimum atomic E-state index is -1.31. The number of aliphatic hydroxyl groups excluding tert-OH is 1. The second-order valence-corrected chi connectivity index (χ2v) is 11.2. The molecule has 0 saturated carbocycles. The number of fused-ring (bicyclic) bond motifs is 1. The van der Waals surface area contributed by atoms with Gasteiger partial charge in [-0.1, -0.05) is 48.0 Å². The van der Waals surface area contributed by atoms with Gasteiger partial charge in [-0.05, 0) is 65.1 Å². The molecule has 0 radical (unpaired) electrons. The van der Waals surface area contributed by atoms with Crippen LogP contribution in [0.15, 0.2) is 72.8 Å². The molecule has 0 spiro atoms. The lowest BCUT2D eigenvalue weighted by atomic mass is 9.96. The number of carbonyl (C=O) groups is 1. The van der Waals surface area contributed by atoms with Crippen molar-refractivity contribution in [1.29, 1.82) is 10.5 Å². The topological polar surface area (TPSA) is 145 Å². The lowest BCUT2D eigenvalue weighted by molar-refractivity contribution is -0.144. The normalized spacial score (nSPS) is 12.6. The van der Waals surface area contributed by atoms with E-state index in [9.17, 15) is 25.5 Å². The summed E-state index contributed by atoms with van der Waals surface area (Å²) in [5.41, 5.74) is 5.66. The molecule has 0 saturated heterocycles. The van der Waals surface area contributed by atoms with Crippen molar-refractivity contribution in [2.24, 2.45) is 0 Å². The monoisotopic (exact) mass is 653 g/mol. The van der Waals surface area contributed by atoms with Crippen LogP contribution in [0.4, 0.5) is 0 Å². The van der Waals surface area contributed by atoms with Gasteiger partial charge in [0.25, 0.3) is 0 Å². The fraction of sp³-hybridized carbons (Fsp3) is 0.250. The van der Waals surface area contributed by atoms with Crippen LogP contribution in [-0.2, 0) is 24.6 Å². The number of nitrogens with zero attached hydrogens (tertiary/aromatic N) is 3. The summed E-state index contributed by atoms with van der Waals surface area (Å²) in [4.78, 5) is 13.1. The summed E-state index contributed by atoms with van der Waals surface area (Å²) < 4.78 is 23.8. The highest BCUT2D eigenvalue weighted by Crippen LogP contribution is 2.38. The Hall–Kier alpha value is -5.26. The molecule has 2 N–H and O–H groups in total. The average Bonchev–Trinajstić information content (AvgIpc) is 3.08. The van der Waals surface area contributed by atoms with Crippen LogP contribution in [-0.4, -0.2) is 53.5 Å². The molecule has 1 atom stereocenters. The van der Waals surface area contributed by atoms with Gasteiger partial charge in [-0.3, -0.25) is 9.69 Å². The highest BCUT2D eigenvalue weighted by Gasteiger charge is 2.26. The van der Waals surface area contributed by atoms with Gasteiger partial charge in [0.1, 0.15) is 44.0 Å². The van der Waals surface area contributed by atoms with Gasteiger partial charge in [0.15, 0.2) is 11.5 Å². The van der Waals surface area contributed by atoms with Crippen LogP contribution in [0.25, 0.3) is 11.1 Å². The smallest absolute Gasteiger partial charge is 0.323 e. The van der Waals surface area contributed by atoms with Gasteiger partial charge in [0.05, 0.1) is 35.9 Å². The number of aliphatic hydroxyl groups is 1. The van der Waals surface area contributed by atoms with E-state index in [1.54, 1.807) is 30.3 Å². The second-order valence-electron chi connectivity index (χ2n) is 10.8. The molecule has 1 aliphatic heterocycles. The van der Waals surface area contributed by atoms with Crippen LogP contribution in [0.1, 0.15) is 27.8 Å². The third kappa shape index (κ3) is 7.94. The van der Waals surface area contributed by atoms with E-state index in [0.717, 1.165) is 33.6 Å². The zero-order chi connectivity index (χ0) is 33.3. The summed E-state index contributed by atoms with van der Waals surface area (Å²) in [5.74, 6) is 0.841. The molecule has 47 heavy (non-hydrogen) atoms. The zero-order valence-electron chi connectivity index (χ0n) is 25.6. The summed E-state index contributed by atoms with van der Waals surface area (Å²) >= 11 is 6.70. The van der Waals surface area contributed by atoms with E-state index in [0.29, 0.717) is 41.6 Å². The number of carboxylic acids is 1. The number of rotatable bonds is 13. The largest absolute Gasteiger partial charge is 0.488 e. The Bertz CT molecular complexity index is 1850. The summed E-state index contributed by atoms with van der Waals surface area (Å²) in [6.07, 6.45) is 0. The Kier molecular flexibility index (Phi) is 10.8. The van der Waals surface area contributed by atoms with Gasteiger partial charge in [0.2, 0.25) is 0 Å². The lowest BCUT2D eigenvalue weighted by Gasteiger charge is -2.26. The molecule has 10 nitrogen and oxygen atoms in total. The highest BCUT2D eigenvalue weighted by molar-refractivity contribution is 6.32. The first-order valence-corrected chi connectivity index (χ1v) is 15.2. The van der Waals surface area contributed by atoms with Crippen molar-refractivity contribution in [3.8, 4) is 46.3 Å². The molecule has 11 heteroatoms. The first-order valence-electron chi connectivity index (χ1n) is 14.8. The lowest BCUT2D eigenvalue weighted by Crippen LogP contribution is -2.43. The fourth-order valence-electron chi connectivity index (χ4n) is 5.29. The van der Waals surface area contributed by atoms with Gasteiger partial charge in [-0.25, -0.2) is 0 Å². The second kappa shape index (κ2) is 15.4. The standard InChI is InChI=1S/C36H32ClN3O7/c1-23-27(6-3-7-29(23)26-8-9-32-35(16-26)45-13-12-44-32)22-47-34-17-33(46-21-25-5-2-4-24(14-25)18-39)28(15-30(34)37)19-40(11-10-38)31(20-41)36(42)43/h2-9,14-17,31,41H,11-13,19-22H2,1H3,(H,42,43)/t31-/m1/s1. The molecule has 0 bridgehead atoms.